The molecule has 0 aromatic heterocycles. The van der Waals surface area contributed by atoms with Crippen LogP contribution in [0.4, 0.5) is 0 Å². The largest absolute Gasteiger partial charge is 0.192 e. The van der Waals surface area contributed by atoms with Crippen LogP contribution in [0.1, 0.15) is 53.9 Å². The van der Waals surface area contributed by atoms with Crippen LogP contribution in [-0.2, 0) is 0 Å². The second-order valence-corrected chi connectivity index (χ2v) is 6.74. The molecule has 1 aliphatic carbocycles. The van der Waals surface area contributed by atoms with Gasteiger partial charge in [-0.1, -0.05) is 48.5 Å². The lowest BCUT2D eigenvalue weighted by Crippen LogP contribution is -2.14. The zero-order valence-corrected chi connectivity index (χ0v) is 14.3. The van der Waals surface area contributed by atoms with Crippen molar-refractivity contribution in [2.24, 2.45) is 5.92 Å². The monoisotopic (exact) mass is 313 g/mol. The molecule has 0 aliphatic heterocycles. The highest BCUT2D eigenvalue weighted by molar-refractivity contribution is 5.67. The predicted molar refractivity (Wildman–Crippen MR) is 99.6 cm³/mol. The van der Waals surface area contributed by atoms with Crippen LogP contribution in [0.2, 0.25) is 0 Å². The first-order chi connectivity index (χ1) is 11.7. The van der Waals surface area contributed by atoms with Crippen LogP contribution in [0.25, 0.3) is 5.57 Å². The molecular formula is C23H23N. The van der Waals surface area contributed by atoms with Crippen molar-refractivity contribution in [2.45, 2.75) is 38.5 Å². The van der Waals surface area contributed by atoms with Gasteiger partial charge in [0.25, 0.3) is 0 Å². The summed E-state index contributed by atoms with van der Waals surface area (Å²) >= 11 is 0. The first kappa shape index (κ1) is 16.3. The molecule has 0 unspecified atom stereocenters. The lowest BCUT2D eigenvalue weighted by atomic mass is 9.74. The van der Waals surface area contributed by atoms with Crippen LogP contribution in [-0.4, -0.2) is 0 Å². The van der Waals surface area contributed by atoms with Gasteiger partial charge in [0.05, 0.1) is 11.6 Å². The zero-order valence-electron chi connectivity index (χ0n) is 14.3. The average molecular weight is 313 g/mol. The summed E-state index contributed by atoms with van der Waals surface area (Å²) in [6.07, 6.45) is 4.73. The molecule has 1 heteroatoms. The Labute approximate surface area is 145 Å². The number of benzene rings is 2. The van der Waals surface area contributed by atoms with E-state index in [9.17, 15) is 0 Å². The number of hydrogen-bond donors (Lipinski definition) is 0. The Morgan fingerprint density at radius 2 is 1.58 bits per heavy atom. The summed E-state index contributed by atoms with van der Waals surface area (Å²) in [6.45, 7) is 6.05. The molecule has 3 rings (SSSR count). The van der Waals surface area contributed by atoms with Crippen molar-refractivity contribution >= 4 is 5.57 Å². The van der Waals surface area contributed by atoms with E-state index in [1.807, 2.05) is 12.1 Å². The molecule has 1 nitrogen and oxygen atoms in total. The Bertz CT molecular complexity index is 775. The Balaban J connectivity index is 1.68. The van der Waals surface area contributed by atoms with Crippen molar-refractivity contribution in [3.63, 3.8) is 0 Å². The molecule has 24 heavy (non-hydrogen) atoms. The topological polar surface area (TPSA) is 23.8 Å². The second kappa shape index (κ2) is 7.35. The van der Waals surface area contributed by atoms with E-state index in [4.69, 9.17) is 5.26 Å². The normalized spacial score (nSPS) is 20.0. The fraction of sp³-hybridized carbons (Fsp3) is 0.304. The van der Waals surface area contributed by atoms with Gasteiger partial charge in [0.1, 0.15) is 0 Å². The lowest BCUT2D eigenvalue weighted by molar-refractivity contribution is 0.384. The Hall–Kier alpha value is -2.55. The summed E-state index contributed by atoms with van der Waals surface area (Å²) in [5, 5.41) is 8.92. The van der Waals surface area contributed by atoms with Crippen molar-refractivity contribution in [3.05, 3.63) is 83.1 Å². The van der Waals surface area contributed by atoms with Crippen LogP contribution in [0.3, 0.4) is 0 Å². The lowest BCUT2D eigenvalue weighted by Gasteiger charge is -2.30. The van der Waals surface area contributed by atoms with Crippen molar-refractivity contribution < 1.29 is 0 Å². The molecule has 0 bridgehead atoms. The predicted octanol–water partition coefficient (Wildman–Crippen LogP) is 6.01. The zero-order chi connectivity index (χ0) is 16.9. The molecule has 0 heterocycles. The molecule has 0 atom stereocenters. The van der Waals surface area contributed by atoms with Crippen LogP contribution < -0.4 is 0 Å². The van der Waals surface area contributed by atoms with Gasteiger partial charge in [-0.25, -0.2) is 0 Å². The van der Waals surface area contributed by atoms with Gasteiger partial charge in [-0.05, 0) is 67.7 Å². The first-order valence-electron chi connectivity index (χ1n) is 8.68. The fourth-order valence-electron chi connectivity index (χ4n) is 3.76. The van der Waals surface area contributed by atoms with E-state index in [1.165, 1.54) is 47.9 Å². The maximum Gasteiger partial charge on any atom is 0.0991 e. The van der Waals surface area contributed by atoms with Gasteiger partial charge in [-0.2, -0.15) is 5.26 Å². The molecule has 2 aromatic carbocycles. The first-order valence-corrected chi connectivity index (χ1v) is 8.68. The highest BCUT2D eigenvalue weighted by Gasteiger charge is 2.25. The molecular weight excluding hydrogens is 290 g/mol. The minimum Gasteiger partial charge on any atom is -0.192 e. The summed E-state index contributed by atoms with van der Waals surface area (Å²) < 4.78 is 0. The number of nitriles is 1. The number of hydrogen-bond acceptors (Lipinski definition) is 1. The van der Waals surface area contributed by atoms with Crippen molar-refractivity contribution in [2.75, 3.05) is 0 Å². The SMILES string of the molecule is C=C=C(c1ccc(C)cc1)C1CCC(c2ccc(C#N)cc2)CC1. The Morgan fingerprint density at radius 1 is 0.958 bits per heavy atom. The maximum absolute atomic E-state index is 8.92. The Morgan fingerprint density at radius 3 is 2.12 bits per heavy atom. The highest BCUT2D eigenvalue weighted by atomic mass is 14.3. The van der Waals surface area contributed by atoms with Crippen LogP contribution in [0.15, 0.2) is 60.8 Å². The van der Waals surface area contributed by atoms with E-state index in [1.54, 1.807) is 0 Å². The molecule has 2 aromatic rings. The van der Waals surface area contributed by atoms with Crippen LogP contribution >= 0.6 is 0 Å². The minimum atomic E-state index is 0.555. The van der Waals surface area contributed by atoms with Gasteiger partial charge in [-0.3, -0.25) is 0 Å². The van der Waals surface area contributed by atoms with Crippen molar-refractivity contribution in [3.8, 4) is 6.07 Å². The Kier molecular flexibility index (Phi) is 4.99. The third-order valence-electron chi connectivity index (χ3n) is 5.20. The standard InChI is InChI=1S/C23H23N/c1-3-23(21-8-4-17(2)5-9-21)22-14-12-20(13-15-22)19-10-6-18(16-24)7-11-19/h4-11,20,22H,1,12-15H2,2H3. The third-order valence-corrected chi connectivity index (χ3v) is 5.20. The smallest absolute Gasteiger partial charge is 0.0991 e. The molecule has 120 valence electrons. The van der Waals surface area contributed by atoms with E-state index < -0.39 is 0 Å². The van der Waals surface area contributed by atoms with Crippen LogP contribution in [0.5, 0.6) is 0 Å². The van der Waals surface area contributed by atoms with E-state index >= 15 is 0 Å². The number of rotatable bonds is 3. The minimum absolute atomic E-state index is 0.555. The van der Waals surface area contributed by atoms with Gasteiger partial charge >= 0.3 is 0 Å². The van der Waals surface area contributed by atoms with E-state index in [0.717, 1.165) is 5.56 Å². The van der Waals surface area contributed by atoms with Gasteiger partial charge < -0.3 is 0 Å². The molecule has 0 amide bonds. The maximum atomic E-state index is 8.92. The summed E-state index contributed by atoms with van der Waals surface area (Å²) in [5.41, 5.74) is 9.13. The average Bonchev–Trinajstić information content (AvgIpc) is 2.64. The van der Waals surface area contributed by atoms with Crippen molar-refractivity contribution in [1.29, 1.82) is 5.26 Å². The highest BCUT2D eigenvalue weighted by Crippen LogP contribution is 2.41. The molecule has 0 radical (unpaired) electrons. The van der Waals surface area contributed by atoms with Gasteiger partial charge in [0.15, 0.2) is 0 Å². The second-order valence-electron chi connectivity index (χ2n) is 6.74. The van der Waals surface area contributed by atoms with E-state index in [-0.39, 0.29) is 0 Å². The summed E-state index contributed by atoms with van der Waals surface area (Å²) in [5.74, 6) is 1.16. The van der Waals surface area contributed by atoms with E-state index in [2.05, 4.69) is 61.7 Å². The number of nitrogens with zero attached hydrogens (tertiary/aromatic N) is 1. The number of allylic oxidation sites excluding steroid dienone is 1. The third kappa shape index (κ3) is 3.51. The molecule has 0 N–H and O–H groups in total. The molecule has 1 aliphatic rings. The summed E-state index contributed by atoms with van der Waals surface area (Å²) in [6, 6.07) is 19.0. The van der Waals surface area contributed by atoms with Crippen LogP contribution in [0, 0.1) is 24.2 Å². The quantitative estimate of drug-likeness (QED) is 0.637. The van der Waals surface area contributed by atoms with Gasteiger partial charge in [-0.15, -0.1) is 5.73 Å². The van der Waals surface area contributed by atoms with E-state index in [0.29, 0.717) is 11.8 Å². The molecule has 1 saturated carbocycles. The van der Waals surface area contributed by atoms with Gasteiger partial charge in [0, 0.05) is 5.57 Å². The number of aryl methyl sites for hydroxylation is 1. The molecule has 0 spiro atoms. The molecule has 0 saturated heterocycles. The molecule has 1 fully saturated rings. The fourth-order valence-corrected chi connectivity index (χ4v) is 3.76. The van der Waals surface area contributed by atoms with Crippen molar-refractivity contribution in [1.82, 2.24) is 0 Å². The summed E-state index contributed by atoms with van der Waals surface area (Å²) in [7, 11) is 0. The summed E-state index contributed by atoms with van der Waals surface area (Å²) in [4.78, 5) is 0. The van der Waals surface area contributed by atoms with Gasteiger partial charge in [0.2, 0.25) is 0 Å².